The number of H-pyrrole nitrogens is 2. The molecule has 1 fully saturated rings. The summed E-state index contributed by atoms with van der Waals surface area (Å²) >= 11 is 0. The van der Waals surface area contributed by atoms with Crippen LogP contribution in [0.4, 0.5) is 0 Å². The molecule has 0 radical (unpaired) electrons. The molecule has 1 aliphatic heterocycles. The Kier molecular flexibility index (Phi) is 3.38. The Morgan fingerprint density at radius 3 is 3.00 bits per heavy atom. The summed E-state index contributed by atoms with van der Waals surface area (Å²) in [5.41, 5.74) is 1.71. The minimum absolute atomic E-state index is 0.00838. The van der Waals surface area contributed by atoms with E-state index in [1.54, 1.807) is 19.5 Å². The fourth-order valence-electron chi connectivity index (χ4n) is 3.26. The van der Waals surface area contributed by atoms with E-state index < -0.39 is 0 Å². The van der Waals surface area contributed by atoms with Crippen molar-refractivity contribution in [3.8, 4) is 0 Å². The molecule has 1 unspecified atom stereocenters. The Labute approximate surface area is 133 Å². The third-order valence-electron chi connectivity index (χ3n) is 4.49. The molecule has 0 aliphatic carbocycles. The van der Waals surface area contributed by atoms with Gasteiger partial charge in [-0.15, -0.1) is 0 Å². The van der Waals surface area contributed by atoms with Crippen molar-refractivity contribution in [1.29, 1.82) is 0 Å². The molecule has 2 N–H and O–H groups in total. The predicted molar refractivity (Wildman–Crippen MR) is 86.1 cm³/mol. The number of imidazole rings is 1. The smallest absolute Gasteiger partial charge is 0.254 e. The first-order chi connectivity index (χ1) is 11.3. The van der Waals surface area contributed by atoms with E-state index in [1.807, 2.05) is 35.4 Å². The van der Waals surface area contributed by atoms with Crippen LogP contribution in [-0.2, 0) is 4.74 Å². The Bertz CT molecular complexity index is 824. The predicted octanol–water partition coefficient (Wildman–Crippen LogP) is 2.49. The number of nitrogens with one attached hydrogen (secondary N) is 2. The van der Waals surface area contributed by atoms with Crippen molar-refractivity contribution in [2.24, 2.45) is 0 Å². The van der Waals surface area contributed by atoms with Gasteiger partial charge >= 0.3 is 0 Å². The number of hydrogen-bond acceptors (Lipinski definition) is 3. The standard InChI is InChI=1S/C17H18N4O2/c1-23-13-9-15(16-19-6-7-20-16)21(10-13)17(22)12-2-3-14-11(8-12)4-5-18-14/h2-8,13,15,18H,9-10H2,1H3,(H,19,20)/t13-,15?/m1/s1. The van der Waals surface area contributed by atoms with Crippen molar-refractivity contribution in [2.75, 3.05) is 13.7 Å². The number of rotatable bonds is 3. The molecule has 4 rings (SSSR count). The van der Waals surface area contributed by atoms with Gasteiger partial charge in [0.2, 0.25) is 0 Å². The molecule has 118 valence electrons. The van der Waals surface area contributed by atoms with Crippen LogP contribution in [0, 0.1) is 0 Å². The summed E-state index contributed by atoms with van der Waals surface area (Å²) in [6.45, 7) is 0.575. The van der Waals surface area contributed by atoms with E-state index in [0.29, 0.717) is 12.1 Å². The third kappa shape index (κ3) is 2.41. The van der Waals surface area contributed by atoms with E-state index in [9.17, 15) is 4.79 Å². The Morgan fingerprint density at radius 1 is 1.30 bits per heavy atom. The van der Waals surface area contributed by atoms with Crippen molar-refractivity contribution in [2.45, 2.75) is 18.6 Å². The highest BCUT2D eigenvalue weighted by Crippen LogP contribution is 2.33. The van der Waals surface area contributed by atoms with Gasteiger partial charge in [0.25, 0.3) is 5.91 Å². The molecule has 1 saturated heterocycles. The molecule has 2 atom stereocenters. The molecule has 2 aromatic heterocycles. The largest absolute Gasteiger partial charge is 0.380 e. The quantitative estimate of drug-likeness (QED) is 0.780. The highest BCUT2D eigenvalue weighted by molar-refractivity contribution is 5.98. The lowest BCUT2D eigenvalue weighted by molar-refractivity contribution is 0.0684. The maximum absolute atomic E-state index is 13.0. The van der Waals surface area contributed by atoms with Crippen LogP contribution >= 0.6 is 0 Å². The van der Waals surface area contributed by atoms with E-state index in [2.05, 4.69) is 15.0 Å². The summed E-state index contributed by atoms with van der Waals surface area (Å²) < 4.78 is 5.47. The number of fused-ring (bicyclic) bond motifs is 1. The summed E-state index contributed by atoms with van der Waals surface area (Å²) in [6, 6.07) is 7.62. The van der Waals surface area contributed by atoms with Crippen molar-refractivity contribution < 1.29 is 9.53 Å². The van der Waals surface area contributed by atoms with Gasteiger partial charge < -0.3 is 19.6 Å². The Balaban J connectivity index is 1.67. The third-order valence-corrected chi connectivity index (χ3v) is 4.49. The number of ether oxygens (including phenoxy) is 1. The van der Waals surface area contributed by atoms with Crippen molar-refractivity contribution in [1.82, 2.24) is 19.9 Å². The first-order valence-electron chi connectivity index (χ1n) is 7.66. The van der Waals surface area contributed by atoms with Crippen LogP contribution in [0.5, 0.6) is 0 Å². The maximum atomic E-state index is 13.0. The topological polar surface area (TPSA) is 74.0 Å². The van der Waals surface area contributed by atoms with E-state index in [1.165, 1.54) is 0 Å². The van der Waals surface area contributed by atoms with Gasteiger partial charge in [-0.2, -0.15) is 0 Å². The number of hydrogen-bond donors (Lipinski definition) is 2. The zero-order chi connectivity index (χ0) is 15.8. The number of nitrogens with zero attached hydrogens (tertiary/aromatic N) is 2. The molecule has 1 amide bonds. The van der Waals surface area contributed by atoms with Crippen LogP contribution in [0.15, 0.2) is 42.9 Å². The molecule has 0 spiro atoms. The fourth-order valence-corrected chi connectivity index (χ4v) is 3.26. The Morgan fingerprint density at radius 2 is 2.22 bits per heavy atom. The fraction of sp³-hybridized carbons (Fsp3) is 0.294. The number of benzene rings is 1. The number of amides is 1. The number of aromatic amines is 2. The maximum Gasteiger partial charge on any atom is 0.254 e. The normalized spacial score (nSPS) is 21.2. The molecule has 6 heteroatoms. The Hall–Kier alpha value is -2.60. The second-order valence-corrected chi connectivity index (χ2v) is 5.82. The van der Waals surface area contributed by atoms with Crippen molar-refractivity contribution in [3.05, 3.63) is 54.2 Å². The molecule has 3 heterocycles. The molecular formula is C17H18N4O2. The zero-order valence-electron chi connectivity index (χ0n) is 12.8. The number of carbonyl (C=O) groups excluding carboxylic acids is 1. The summed E-state index contributed by atoms with van der Waals surface area (Å²) in [5, 5.41) is 1.04. The summed E-state index contributed by atoms with van der Waals surface area (Å²) in [4.78, 5) is 25.4. The van der Waals surface area contributed by atoms with Crippen molar-refractivity contribution in [3.63, 3.8) is 0 Å². The van der Waals surface area contributed by atoms with Crippen LogP contribution in [0.25, 0.3) is 10.9 Å². The van der Waals surface area contributed by atoms with Gasteiger partial charge in [-0.3, -0.25) is 4.79 Å². The minimum Gasteiger partial charge on any atom is -0.380 e. The van der Waals surface area contributed by atoms with E-state index in [0.717, 1.165) is 23.1 Å². The second-order valence-electron chi connectivity index (χ2n) is 5.82. The highest BCUT2D eigenvalue weighted by Gasteiger charge is 2.38. The number of carbonyl (C=O) groups is 1. The average Bonchev–Trinajstić information content (AvgIpc) is 3.31. The number of methoxy groups -OCH3 is 1. The SMILES string of the molecule is CO[C@@H]1CC(c2ncc[nH]2)N(C(=O)c2ccc3[nH]ccc3c2)C1. The van der Waals surface area contributed by atoms with E-state index >= 15 is 0 Å². The van der Waals surface area contributed by atoms with Crippen LogP contribution in [0.3, 0.4) is 0 Å². The summed E-state index contributed by atoms with van der Waals surface area (Å²) in [5.74, 6) is 0.815. The lowest BCUT2D eigenvalue weighted by Gasteiger charge is -2.23. The van der Waals surface area contributed by atoms with Crippen LogP contribution < -0.4 is 0 Å². The van der Waals surface area contributed by atoms with Gasteiger partial charge in [0.1, 0.15) is 5.82 Å². The number of likely N-dealkylation sites (tertiary alicyclic amines) is 1. The molecular weight excluding hydrogens is 292 g/mol. The van der Waals surface area contributed by atoms with Gasteiger partial charge in [0.05, 0.1) is 12.1 Å². The van der Waals surface area contributed by atoms with Crippen LogP contribution in [-0.4, -0.2) is 45.5 Å². The highest BCUT2D eigenvalue weighted by atomic mass is 16.5. The van der Waals surface area contributed by atoms with Gasteiger partial charge in [0, 0.05) is 55.1 Å². The molecule has 1 aromatic carbocycles. The van der Waals surface area contributed by atoms with Crippen LogP contribution in [0.2, 0.25) is 0 Å². The summed E-state index contributed by atoms with van der Waals surface area (Å²) in [6.07, 6.45) is 6.15. The van der Waals surface area contributed by atoms with Crippen LogP contribution in [0.1, 0.15) is 28.6 Å². The van der Waals surface area contributed by atoms with E-state index in [-0.39, 0.29) is 18.1 Å². The lowest BCUT2D eigenvalue weighted by Crippen LogP contribution is -2.32. The molecule has 3 aromatic rings. The van der Waals surface area contributed by atoms with Gasteiger partial charge in [-0.25, -0.2) is 4.98 Å². The molecule has 23 heavy (non-hydrogen) atoms. The van der Waals surface area contributed by atoms with Crippen molar-refractivity contribution >= 4 is 16.8 Å². The van der Waals surface area contributed by atoms with E-state index in [4.69, 9.17) is 4.74 Å². The number of aromatic nitrogens is 3. The first kappa shape index (κ1) is 14.0. The zero-order valence-corrected chi connectivity index (χ0v) is 12.8. The monoisotopic (exact) mass is 310 g/mol. The van der Waals surface area contributed by atoms with Gasteiger partial charge in [-0.1, -0.05) is 0 Å². The summed E-state index contributed by atoms with van der Waals surface area (Å²) in [7, 11) is 1.68. The lowest BCUT2D eigenvalue weighted by atomic mass is 10.1. The molecule has 1 aliphatic rings. The first-order valence-corrected chi connectivity index (χ1v) is 7.66. The second kappa shape index (κ2) is 5.55. The minimum atomic E-state index is -0.0793. The van der Waals surface area contributed by atoms with Gasteiger partial charge in [0.15, 0.2) is 0 Å². The molecule has 0 saturated carbocycles. The average molecular weight is 310 g/mol. The molecule has 6 nitrogen and oxygen atoms in total. The van der Waals surface area contributed by atoms with Gasteiger partial charge in [-0.05, 0) is 24.3 Å². The molecule has 0 bridgehead atoms.